The summed E-state index contributed by atoms with van der Waals surface area (Å²) in [5.41, 5.74) is 0. The zero-order chi connectivity index (χ0) is 15.5. The van der Waals surface area contributed by atoms with Crippen LogP contribution in [0.15, 0.2) is 23.4 Å². The van der Waals surface area contributed by atoms with Crippen molar-refractivity contribution in [2.45, 2.75) is 37.3 Å². The molecule has 1 atom stereocenters. The number of amides is 1. The fraction of sp³-hybridized carbons (Fsp3) is 0.538. The summed E-state index contributed by atoms with van der Waals surface area (Å²) in [5, 5.41) is -0.691. The van der Waals surface area contributed by atoms with E-state index in [0.29, 0.717) is 13.1 Å². The Labute approximate surface area is 123 Å². The van der Waals surface area contributed by atoms with Crippen LogP contribution in [0, 0.1) is 5.82 Å². The Kier molecular flexibility index (Phi) is 4.89. The zero-order valence-corrected chi connectivity index (χ0v) is 12.6. The number of likely N-dealkylation sites (tertiary alicyclic amines) is 1. The van der Waals surface area contributed by atoms with Gasteiger partial charge < -0.3 is 4.90 Å². The Morgan fingerprint density at radius 2 is 2.05 bits per heavy atom. The lowest BCUT2D eigenvalue weighted by atomic mass is 10.1. The molecular weight excluding hydrogens is 297 g/mol. The molecule has 1 aliphatic heterocycles. The van der Waals surface area contributed by atoms with Crippen LogP contribution in [0.3, 0.4) is 0 Å². The molecule has 1 unspecified atom stereocenters. The maximum Gasteiger partial charge on any atom is 0.261 e. The normalized spacial score (nSPS) is 17.5. The molecule has 1 N–H and O–H groups in total. The summed E-state index contributed by atoms with van der Waals surface area (Å²) in [6.07, 6.45) is 4.10. The van der Waals surface area contributed by atoms with Gasteiger partial charge in [0.2, 0.25) is 10.9 Å². The van der Waals surface area contributed by atoms with E-state index < -0.39 is 26.9 Å². The van der Waals surface area contributed by atoms with Crippen molar-refractivity contribution in [1.82, 2.24) is 14.6 Å². The highest BCUT2D eigenvalue weighted by molar-refractivity contribution is 7.89. The minimum absolute atomic E-state index is 0.297. The van der Waals surface area contributed by atoms with Gasteiger partial charge in [-0.2, -0.15) is 4.72 Å². The number of aromatic nitrogens is 1. The third-order valence-corrected chi connectivity index (χ3v) is 4.82. The van der Waals surface area contributed by atoms with E-state index in [9.17, 15) is 17.6 Å². The van der Waals surface area contributed by atoms with Crippen LogP contribution in [0.25, 0.3) is 0 Å². The third-order valence-electron chi connectivity index (χ3n) is 3.35. The van der Waals surface area contributed by atoms with Crippen molar-refractivity contribution >= 4 is 15.9 Å². The molecule has 1 saturated heterocycles. The van der Waals surface area contributed by atoms with Gasteiger partial charge in [0.25, 0.3) is 10.0 Å². The van der Waals surface area contributed by atoms with E-state index in [1.54, 1.807) is 4.90 Å². The molecule has 1 aromatic heterocycles. The van der Waals surface area contributed by atoms with Gasteiger partial charge >= 0.3 is 0 Å². The largest absolute Gasteiger partial charge is 0.341 e. The Balaban J connectivity index is 2.09. The molecule has 21 heavy (non-hydrogen) atoms. The summed E-state index contributed by atoms with van der Waals surface area (Å²) in [5.74, 6) is -1.24. The number of hydrogen-bond donors (Lipinski definition) is 1. The standard InChI is InChI=1S/C13H18FN3O3S/c1-10(13(18)17-8-3-2-4-9-17)16-21(19,20)12-11(14)6-5-7-15-12/h5-7,10,16H,2-4,8-9H2,1H3. The second-order valence-corrected chi connectivity index (χ2v) is 6.65. The first-order valence-corrected chi connectivity index (χ1v) is 8.32. The van der Waals surface area contributed by atoms with Crippen LogP contribution >= 0.6 is 0 Å². The molecule has 0 bridgehead atoms. The number of rotatable bonds is 4. The number of carbonyl (C=O) groups excluding carboxylic acids is 1. The van der Waals surface area contributed by atoms with Gasteiger partial charge in [-0.15, -0.1) is 0 Å². The molecule has 1 amide bonds. The number of nitrogens with zero attached hydrogens (tertiary/aromatic N) is 2. The van der Waals surface area contributed by atoms with E-state index in [0.717, 1.165) is 25.3 Å². The molecule has 116 valence electrons. The van der Waals surface area contributed by atoms with Gasteiger partial charge in [0.15, 0.2) is 5.82 Å². The van der Waals surface area contributed by atoms with Gasteiger partial charge in [-0.1, -0.05) is 0 Å². The van der Waals surface area contributed by atoms with Gasteiger partial charge in [0, 0.05) is 19.3 Å². The second kappa shape index (κ2) is 6.48. The minimum Gasteiger partial charge on any atom is -0.341 e. The molecule has 1 aromatic rings. The number of hydrogen-bond acceptors (Lipinski definition) is 4. The minimum atomic E-state index is -4.16. The summed E-state index contributed by atoms with van der Waals surface area (Å²) in [6.45, 7) is 2.71. The molecule has 0 aliphatic carbocycles. The van der Waals surface area contributed by atoms with Crippen LogP contribution in [-0.4, -0.2) is 43.3 Å². The summed E-state index contributed by atoms with van der Waals surface area (Å²) < 4.78 is 39.8. The Morgan fingerprint density at radius 3 is 2.67 bits per heavy atom. The SMILES string of the molecule is CC(NS(=O)(=O)c1ncccc1F)C(=O)N1CCCCC1. The molecule has 2 rings (SSSR count). The average molecular weight is 315 g/mol. The number of piperidine rings is 1. The fourth-order valence-electron chi connectivity index (χ4n) is 2.30. The lowest BCUT2D eigenvalue weighted by Gasteiger charge is -2.29. The maximum atomic E-state index is 13.5. The van der Waals surface area contributed by atoms with Crippen molar-refractivity contribution < 1.29 is 17.6 Å². The van der Waals surface area contributed by atoms with Crippen molar-refractivity contribution in [3.63, 3.8) is 0 Å². The summed E-state index contributed by atoms with van der Waals surface area (Å²) in [6, 6.07) is 1.37. The Hall–Kier alpha value is -1.54. The summed E-state index contributed by atoms with van der Waals surface area (Å²) in [7, 11) is -4.16. The van der Waals surface area contributed by atoms with E-state index in [1.807, 2.05) is 0 Å². The van der Waals surface area contributed by atoms with E-state index in [4.69, 9.17) is 0 Å². The van der Waals surface area contributed by atoms with Crippen molar-refractivity contribution in [3.8, 4) is 0 Å². The molecule has 6 nitrogen and oxygen atoms in total. The molecule has 2 heterocycles. The van der Waals surface area contributed by atoms with Gasteiger partial charge in [-0.25, -0.2) is 17.8 Å². The van der Waals surface area contributed by atoms with Gasteiger partial charge in [-0.3, -0.25) is 4.79 Å². The molecule has 1 fully saturated rings. The fourth-order valence-corrected chi connectivity index (χ4v) is 3.50. The van der Waals surface area contributed by atoms with Gasteiger partial charge in [0.1, 0.15) is 0 Å². The maximum absolute atomic E-state index is 13.5. The predicted octanol–water partition coefficient (Wildman–Crippen LogP) is 0.900. The highest BCUT2D eigenvalue weighted by atomic mass is 32.2. The first-order chi connectivity index (χ1) is 9.92. The highest BCUT2D eigenvalue weighted by Gasteiger charge is 2.28. The first-order valence-electron chi connectivity index (χ1n) is 6.83. The van der Waals surface area contributed by atoms with E-state index >= 15 is 0 Å². The highest BCUT2D eigenvalue weighted by Crippen LogP contribution is 2.13. The van der Waals surface area contributed by atoms with Crippen molar-refractivity contribution in [2.24, 2.45) is 0 Å². The zero-order valence-electron chi connectivity index (χ0n) is 11.8. The summed E-state index contributed by atoms with van der Waals surface area (Å²) >= 11 is 0. The van der Waals surface area contributed by atoms with E-state index in [2.05, 4.69) is 9.71 Å². The third kappa shape index (κ3) is 3.76. The number of pyridine rings is 1. The molecule has 8 heteroatoms. The molecule has 0 aromatic carbocycles. The van der Waals surface area contributed by atoms with Crippen LogP contribution in [0.4, 0.5) is 4.39 Å². The molecular formula is C13H18FN3O3S. The lowest BCUT2D eigenvalue weighted by molar-refractivity contribution is -0.133. The van der Waals surface area contributed by atoms with Crippen molar-refractivity contribution in [3.05, 3.63) is 24.1 Å². The second-order valence-electron chi connectivity index (χ2n) is 5.02. The number of carbonyl (C=O) groups is 1. The van der Waals surface area contributed by atoms with Crippen LogP contribution in [-0.2, 0) is 14.8 Å². The molecule has 0 spiro atoms. The van der Waals surface area contributed by atoms with Crippen molar-refractivity contribution in [2.75, 3.05) is 13.1 Å². The summed E-state index contributed by atoms with van der Waals surface area (Å²) in [4.78, 5) is 17.3. The number of sulfonamides is 1. The van der Waals surface area contributed by atoms with Crippen LogP contribution < -0.4 is 4.72 Å². The number of halogens is 1. The molecule has 0 saturated carbocycles. The van der Waals surface area contributed by atoms with E-state index in [1.165, 1.54) is 19.2 Å². The average Bonchev–Trinajstić information content (AvgIpc) is 2.47. The quantitative estimate of drug-likeness (QED) is 0.895. The smallest absolute Gasteiger partial charge is 0.261 e. The van der Waals surface area contributed by atoms with Gasteiger partial charge in [-0.05, 0) is 38.3 Å². The van der Waals surface area contributed by atoms with Crippen LogP contribution in [0.2, 0.25) is 0 Å². The van der Waals surface area contributed by atoms with E-state index in [-0.39, 0.29) is 5.91 Å². The van der Waals surface area contributed by atoms with Crippen LogP contribution in [0.1, 0.15) is 26.2 Å². The Bertz CT molecular complexity index is 615. The number of nitrogens with one attached hydrogen (secondary N) is 1. The van der Waals surface area contributed by atoms with Gasteiger partial charge in [0.05, 0.1) is 6.04 Å². The van der Waals surface area contributed by atoms with Crippen LogP contribution in [0.5, 0.6) is 0 Å². The molecule has 0 radical (unpaired) electrons. The molecule has 1 aliphatic rings. The first kappa shape index (κ1) is 15.8. The van der Waals surface area contributed by atoms with Crippen molar-refractivity contribution in [1.29, 1.82) is 0 Å². The predicted molar refractivity (Wildman–Crippen MR) is 74.4 cm³/mol. The monoisotopic (exact) mass is 315 g/mol. The lowest BCUT2D eigenvalue weighted by Crippen LogP contribution is -2.48. The topological polar surface area (TPSA) is 79.4 Å². The Morgan fingerprint density at radius 1 is 1.38 bits per heavy atom.